The summed E-state index contributed by atoms with van der Waals surface area (Å²) >= 11 is 0. The highest BCUT2D eigenvalue weighted by Gasteiger charge is 2.37. The lowest BCUT2D eigenvalue weighted by Crippen LogP contribution is -2.57. The maximum atomic E-state index is 12.9. The topological polar surface area (TPSA) is 75.4 Å². The Hall–Kier alpha value is -1.85. The number of oxazole rings is 1. The van der Waals surface area contributed by atoms with E-state index in [0.29, 0.717) is 36.4 Å². The van der Waals surface area contributed by atoms with Crippen molar-refractivity contribution in [2.24, 2.45) is 5.92 Å². The summed E-state index contributed by atoms with van der Waals surface area (Å²) in [5.74, 6) is 1.32. The van der Waals surface area contributed by atoms with Crippen LogP contribution in [0, 0.1) is 19.8 Å². The number of hydrogen-bond acceptors (Lipinski definition) is 4. The molecule has 1 saturated carbocycles. The van der Waals surface area contributed by atoms with Crippen LogP contribution in [0.25, 0.3) is 0 Å². The molecule has 0 bridgehead atoms. The molecule has 2 amide bonds. The van der Waals surface area contributed by atoms with Crippen molar-refractivity contribution in [2.45, 2.75) is 58.4 Å². The van der Waals surface area contributed by atoms with Crippen molar-refractivity contribution in [3.63, 3.8) is 0 Å². The van der Waals surface area contributed by atoms with E-state index in [4.69, 9.17) is 4.42 Å². The summed E-state index contributed by atoms with van der Waals surface area (Å²) in [4.78, 5) is 31.1. The van der Waals surface area contributed by atoms with Crippen LogP contribution in [0.2, 0.25) is 0 Å². The third-order valence-electron chi connectivity index (χ3n) is 4.98. The number of rotatable bonds is 3. The third kappa shape index (κ3) is 3.41. The first-order chi connectivity index (χ1) is 11.1. The van der Waals surface area contributed by atoms with Crippen LogP contribution < -0.4 is 5.32 Å². The molecule has 1 saturated heterocycles. The molecule has 1 aliphatic heterocycles. The molecule has 6 heteroatoms. The Morgan fingerprint density at radius 2 is 2.04 bits per heavy atom. The fourth-order valence-corrected chi connectivity index (χ4v) is 3.79. The monoisotopic (exact) mass is 319 g/mol. The van der Waals surface area contributed by atoms with Crippen molar-refractivity contribution in [3.8, 4) is 0 Å². The second-order valence-electron chi connectivity index (χ2n) is 6.68. The van der Waals surface area contributed by atoms with E-state index in [0.717, 1.165) is 19.3 Å². The number of hydrogen-bond donors (Lipinski definition) is 1. The Bertz CT molecular complexity index is 590. The average molecular weight is 319 g/mol. The Morgan fingerprint density at radius 1 is 1.30 bits per heavy atom. The highest BCUT2D eigenvalue weighted by Crippen LogP contribution is 2.29. The van der Waals surface area contributed by atoms with E-state index in [-0.39, 0.29) is 17.9 Å². The molecular weight excluding hydrogens is 294 g/mol. The molecule has 0 radical (unpaired) electrons. The normalized spacial score (nSPS) is 23.0. The predicted octanol–water partition coefficient (Wildman–Crippen LogP) is 2.20. The standard InChI is InChI=1S/C17H25N3O3/c1-11-15(19-12(2)23-11)17(22)20-9-8-18-16(21)14(20)10-13-6-4-3-5-7-13/h13-14H,3-10H2,1-2H3,(H,18,21). The van der Waals surface area contributed by atoms with E-state index in [9.17, 15) is 9.59 Å². The average Bonchev–Trinajstić information content (AvgIpc) is 2.88. The Morgan fingerprint density at radius 3 is 2.70 bits per heavy atom. The summed E-state index contributed by atoms with van der Waals surface area (Å²) in [6.45, 7) is 4.51. The fraction of sp³-hybridized carbons (Fsp3) is 0.706. The van der Waals surface area contributed by atoms with Crippen LogP contribution in [-0.4, -0.2) is 40.8 Å². The van der Waals surface area contributed by atoms with Crippen molar-refractivity contribution in [3.05, 3.63) is 17.3 Å². The van der Waals surface area contributed by atoms with E-state index in [1.54, 1.807) is 18.7 Å². The van der Waals surface area contributed by atoms with Crippen molar-refractivity contribution in [2.75, 3.05) is 13.1 Å². The number of aryl methyl sites for hydroxylation is 2. The van der Waals surface area contributed by atoms with Crippen LogP contribution in [0.3, 0.4) is 0 Å². The number of nitrogens with zero attached hydrogens (tertiary/aromatic N) is 2. The highest BCUT2D eigenvalue weighted by atomic mass is 16.4. The van der Waals surface area contributed by atoms with E-state index in [1.807, 2.05) is 0 Å². The number of piperazine rings is 1. The zero-order chi connectivity index (χ0) is 16.4. The van der Waals surface area contributed by atoms with Gasteiger partial charge in [-0.05, 0) is 19.3 Å². The number of carbonyl (C=O) groups is 2. The van der Waals surface area contributed by atoms with Gasteiger partial charge in [-0.15, -0.1) is 0 Å². The molecule has 3 rings (SSSR count). The molecule has 6 nitrogen and oxygen atoms in total. The minimum Gasteiger partial charge on any atom is -0.445 e. The van der Waals surface area contributed by atoms with Gasteiger partial charge in [0.1, 0.15) is 11.8 Å². The highest BCUT2D eigenvalue weighted by molar-refractivity contribution is 5.97. The lowest BCUT2D eigenvalue weighted by molar-refractivity contribution is -0.128. The van der Waals surface area contributed by atoms with Gasteiger partial charge in [0.05, 0.1) is 0 Å². The Kier molecular flexibility index (Phi) is 4.68. The van der Waals surface area contributed by atoms with Gasteiger partial charge in [-0.25, -0.2) is 4.98 Å². The van der Waals surface area contributed by atoms with Gasteiger partial charge in [-0.1, -0.05) is 32.1 Å². The number of aromatic nitrogens is 1. The van der Waals surface area contributed by atoms with Gasteiger partial charge < -0.3 is 14.6 Å². The minimum absolute atomic E-state index is 0.0342. The second kappa shape index (κ2) is 6.72. The van der Waals surface area contributed by atoms with Gasteiger partial charge >= 0.3 is 0 Å². The van der Waals surface area contributed by atoms with Gasteiger partial charge in [-0.2, -0.15) is 0 Å². The van der Waals surface area contributed by atoms with Crippen LogP contribution in [0.5, 0.6) is 0 Å². The lowest BCUT2D eigenvalue weighted by Gasteiger charge is -2.37. The summed E-state index contributed by atoms with van der Waals surface area (Å²) in [5, 5.41) is 2.90. The maximum absolute atomic E-state index is 12.9. The van der Waals surface area contributed by atoms with Gasteiger partial charge in [-0.3, -0.25) is 9.59 Å². The number of carbonyl (C=O) groups excluding carboxylic acids is 2. The molecule has 126 valence electrons. The summed E-state index contributed by atoms with van der Waals surface area (Å²) in [7, 11) is 0. The second-order valence-corrected chi connectivity index (χ2v) is 6.68. The third-order valence-corrected chi connectivity index (χ3v) is 4.98. The first-order valence-electron chi connectivity index (χ1n) is 8.59. The van der Waals surface area contributed by atoms with Crippen molar-refractivity contribution in [1.82, 2.24) is 15.2 Å². The molecule has 1 atom stereocenters. The molecule has 1 N–H and O–H groups in total. The quantitative estimate of drug-likeness (QED) is 0.927. The molecule has 23 heavy (non-hydrogen) atoms. The van der Waals surface area contributed by atoms with Crippen molar-refractivity contribution >= 4 is 11.8 Å². The summed E-state index contributed by atoms with van der Waals surface area (Å²) < 4.78 is 5.38. The molecule has 0 spiro atoms. The van der Waals surface area contributed by atoms with Crippen LogP contribution in [0.1, 0.15) is 60.7 Å². The van der Waals surface area contributed by atoms with E-state index in [1.165, 1.54) is 19.3 Å². The van der Waals surface area contributed by atoms with E-state index in [2.05, 4.69) is 10.3 Å². The first-order valence-corrected chi connectivity index (χ1v) is 8.59. The van der Waals surface area contributed by atoms with Gasteiger partial charge in [0.2, 0.25) is 5.91 Å². The lowest BCUT2D eigenvalue weighted by atomic mass is 9.84. The van der Waals surface area contributed by atoms with E-state index >= 15 is 0 Å². The predicted molar refractivity (Wildman–Crippen MR) is 85.0 cm³/mol. The minimum atomic E-state index is -0.379. The van der Waals surface area contributed by atoms with Crippen LogP contribution in [0.4, 0.5) is 0 Å². The molecule has 1 aromatic heterocycles. The Balaban J connectivity index is 1.78. The molecule has 2 heterocycles. The molecule has 1 aliphatic carbocycles. The van der Waals surface area contributed by atoms with Gasteiger partial charge in [0.25, 0.3) is 5.91 Å². The smallest absolute Gasteiger partial charge is 0.276 e. The zero-order valence-electron chi connectivity index (χ0n) is 13.9. The van der Waals surface area contributed by atoms with Crippen molar-refractivity contribution < 1.29 is 14.0 Å². The fourth-order valence-electron chi connectivity index (χ4n) is 3.79. The molecule has 1 aromatic rings. The molecular formula is C17H25N3O3. The van der Waals surface area contributed by atoms with Gasteiger partial charge in [0.15, 0.2) is 11.6 Å². The van der Waals surface area contributed by atoms with Crippen LogP contribution in [-0.2, 0) is 4.79 Å². The summed E-state index contributed by atoms with van der Waals surface area (Å²) in [5.41, 5.74) is 0.339. The van der Waals surface area contributed by atoms with E-state index < -0.39 is 0 Å². The molecule has 2 aliphatic rings. The maximum Gasteiger partial charge on any atom is 0.276 e. The van der Waals surface area contributed by atoms with Crippen molar-refractivity contribution in [1.29, 1.82) is 0 Å². The first kappa shape index (κ1) is 16.0. The van der Waals surface area contributed by atoms with Crippen LogP contribution in [0.15, 0.2) is 4.42 Å². The van der Waals surface area contributed by atoms with Gasteiger partial charge in [0, 0.05) is 20.0 Å². The summed E-state index contributed by atoms with van der Waals surface area (Å²) in [6, 6.07) is -0.379. The van der Waals surface area contributed by atoms with Crippen LogP contribution >= 0.6 is 0 Å². The largest absolute Gasteiger partial charge is 0.445 e. The zero-order valence-corrected chi connectivity index (χ0v) is 13.9. The molecule has 2 fully saturated rings. The Labute approximate surface area is 136 Å². The molecule has 0 aromatic carbocycles. The number of nitrogens with one attached hydrogen (secondary N) is 1. The summed E-state index contributed by atoms with van der Waals surface area (Å²) in [6.07, 6.45) is 6.83. The molecule has 1 unspecified atom stereocenters. The number of amides is 2. The SMILES string of the molecule is Cc1nc(C(=O)N2CCNC(=O)C2CC2CCCCC2)c(C)o1.